The molecule has 21 heavy (non-hydrogen) atoms. The van der Waals surface area contributed by atoms with E-state index in [1.54, 1.807) is 0 Å². The minimum Gasteiger partial charge on any atom is -0.0561 e. The molecule has 0 atom stereocenters. The molecule has 0 aliphatic rings. The molecule has 0 amide bonds. The summed E-state index contributed by atoms with van der Waals surface area (Å²) >= 11 is 0. The smallest absolute Gasteiger partial charge is 0.0122 e. The molecular weight excluding hydrogens is 252 g/mol. The first-order valence-corrected chi connectivity index (χ1v) is 7.81. The molecule has 0 saturated heterocycles. The second-order valence-electron chi connectivity index (χ2n) is 7.51. The minimum absolute atomic E-state index is 0.180. The van der Waals surface area contributed by atoms with Gasteiger partial charge in [-0.2, -0.15) is 0 Å². The number of hydrogen-bond donors (Lipinski definition) is 0. The molecule has 0 heteroatoms. The molecule has 0 heterocycles. The first-order valence-electron chi connectivity index (χ1n) is 7.81. The van der Waals surface area contributed by atoms with E-state index in [2.05, 4.69) is 79.7 Å². The van der Waals surface area contributed by atoms with E-state index in [0.29, 0.717) is 0 Å². The van der Waals surface area contributed by atoms with Crippen LogP contribution in [0.25, 0.3) is 11.1 Å². The summed E-state index contributed by atoms with van der Waals surface area (Å²) in [7, 11) is 0. The van der Waals surface area contributed by atoms with Crippen molar-refractivity contribution in [1.29, 1.82) is 0 Å². The molecule has 0 radical (unpaired) electrons. The van der Waals surface area contributed by atoms with Crippen molar-refractivity contribution in [3.63, 3.8) is 0 Å². The SMILES string of the molecule is Cc1cc(C)c(-c2cc(C(C)(C)C)c(C)cc2C)c(C)c1. The van der Waals surface area contributed by atoms with Gasteiger partial charge in [0, 0.05) is 0 Å². The van der Waals surface area contributed by atoms with Gasteiger partial charge in [0.25, 0.3) is 0 Å². The van der Waals surface area contributed by atoms with E-state index in [1.165, 1.54) is 44.5 Å². The van der Waals surface area contributed by atoms with Gasteiger partial charge >= 0.3 is 0 Å². The highest BCUT2D eigenvalue weighted by molar-refractivity contribution is 5.75. The Bertz CT molecular complexity index is 659. The van der Waals surface area contributed by atoms with Crippen molar-refractivity contribution in [2.45, 2.75) is 60.8 Å². The van der Waals surface area contributed by atoms with E-state index < -0.39 is 0 Å². The van der Waals surface area contributed by atoms with Crippen molar-refractivity contribution in [1.82, 2.24) is 0 Å². The number of hydrogen-bond acceptors (Lipinski definition) is 0. The zero-order chi connectivity index (χ0) is 15.9. The molecule has 0 saturated carbocycles. The van der Waals surface area contributed by atoms with Crippen LogP contribution in [0.3, 0.4) is 0 Å². The normalized spacial score (nSPS) is 11.8. The molecule has 0 N–H and O–H groups in total. The average Bonchev–Trinajstić information content (AvgIpc) is 2.28. The van der Waals surface area contributed by atoms with E-state index in [1.807, 2.05) is 0 Å². The molecular formula is C21H28. The van der Waals surface area contributed by atoms with Gasteiger partial charge in [0.05, 0.1) is 0 Å². The van der Waals surface area contributed by atoms with Gasteiger partial charge in [-0.25, -0.2) is 0 Å². The zero-order valence-electron chi connectivity index (χ0n) is 14.8. The molecule has 112 valence electrons. The molecule has 0 fully saturated rings. The highest BCUT2D eigenvalue weighted by Gasteiger charge is 2.19. The first-order chi connectivity index (χ1) is 9.61. The number of benzene rings is 2. The molecule has 0 aliphatic carbocycles. The van der Waals surface area contributed by atoms with Crippen LogP contribution < -0.4 is 0 Å². The number of aryl methyl sites for hydroxylation is 5. The summed E-state index contributed by atoms with van der Waals surface area (Å²) in [5, 5.41) is 0. The van der Waals surface area contributed by atoms with E-state index in [9.17, 15) is 0 Å². The monoisotopic (exact) mass is 280 g/mol. The van der Waals surface area contributed by atoms with Gasteiger partial charge in [-0.3, -0.25) is 0 Å². The minimum atomic E-state index is 0.180. The van der Waals surface area contributed by atoms with Crippen LogP contribution in [0.4, 0.5) is 0 Å². The van der Waals surface area contributed by atoms with Crippen molar-refractivity contribution >= 4 is 0 Å². The van der Waals surface area contributed by atoms with Crippen LogP contribution >= 0.6 is 0 Å². The van der Waals surface area contributed by atoms with E-state index in [-0.39, 0.29) is 5.41 Å². The topological polar surface area (TPSA) is 0 Å². The lowest BCUT2D eigenvalue weighted by Gasteiger charge is -2.25. The predicted molar refractivity (Wildman–Crippen MR) is 94.3 cm³/mol. The lowest BCUT2D eigenvalue weighted by molar-refractivity contribution is 0.586. The fourth-order valence-electron chi connectivity index (χ4n) is 3.53. The van der Waals surface area contributed by atoms with Crippen molar-refractivity contribution in [3.05, 3.63) is 57.6 Å². The third-order valence-electron chi connectivity index (χ3n) is 4.33. The zero-order valence-corrected chi connectivity index (χ0v) is 14.8. The van der Waals surface area contributed by atoms with Gasteiger partial charge in [-0.05, 0) is 79.0 Å². The van der Waals surface area contributed by atoms with Crippen LogP contribution in [0.2, 0.25) is 0 Å². The van der Waals surface area contributed by atoms with Gasteiger partial charge in [0.2, 0.25) is 0 Å². The highest BCUT2D eigenvalue weighted by atomic mass is 14.2. The lowest BCUT2D eigenvalue weighted by atomic mass is 9.80. The lowest BCUT2D eigenvalue weighted by Crippen LogP contribution is -2.13. The molecule has 0 aromatic heterocycles. The molecule has 0 unspecified atom stereocenters. The maximum absolute atomic E-state index is 2.41. The van der Waals surface area contributed by atoms with Crippen molar-refractivity contribution < 1.29 is 0 Å². The van der Waals surface area contributed by atoms with Crippen molar-refractivity contribution in [2.24, 2.45) is 0 Å². The number of rotatable bonds is 1. The molecule has 2 rings (SSSR count). The Kier molecular flexibility index (Phi) is 4.02. The second kappa shape index (κ2) is 5.33. The van der Waals surface area contributed by atoms with Crippen LogP contribution in [0, 0.1) is 34.6 Å². The fourth-order valence-corrected chi connectivity index (χ4v) is 3.53. The summed E-state index contributed by atoms with van der Waals surface area (Å²) in [6.45, 7) is 18.0. The maximum atomic E-state index is 2.41. The predicted octanol–water partition coefficient (Wildman–Crippen LogP) is 6.19. The van der Waals surface area contributed by atoms with Gasteiger partial charge in [0.15, 0.2) is 0 Å². The Labute approximate surface area is 130 Å². The summed E-state index contributed by atoms with van der Waals surface area (Å²) in [5.41, 5.74) is 11.3. The van der Waals surface area contributed by atoms with Crippen LogP contribution in [-0.2, 0) is 5.41 Å². The summed E-state index contributed by atoms with van der Waals surface area (Å²) in [4.78, 5) is 0. The van der Waals surface area contributed by atoms with Crippen LogP contribution in [0.15, 0.2) is 24.3 Å². The third kappa shape index (κ3) is 3.05. The Morgan fingerprint density at radius 1 is 0.619 bits per heavy atom. The van der Waals surface area contributed by atoms with Crippen LogP contribution in [-0.4, -0.2) is 0 Å². The van der Waals surface area contributed by atoms with Crippen LogP contribution in [0.1, 0.15) is 54.2 Å². The average molecular weight is 280 g/mol. The maximum Gasteiger partial charge on any atom is -0.0122 e. The molecule has 2 aromatic carbocycles. The molecule has 2 aromatic rings. The summed E-state index contributed by atoms with van der Waals surface area (Å²) in [6.07, 6.45) is 0. The van der Waals surface area contributed by atoms with E-state index in [0.717, 1.165) is 0 Å². The van der Waals surface area contributed by atoms with Gasteiger partial charge < -0.3 is 0 Å². The summed E-state index contributed by atoms with van der Waals surface area (Å²) in [6, 6.07) is 9.33. The quantitative estimate of drug-likeness (QED) is 0.584. The van der Waals surface area contributed by atoms with Crippen LogP contribution in [0.5, 0.6) is 0 Å². The largest absolute Gasteiger partial charge is 0.0561 e. The molecule has 0 spiro atoms. The Hall–Kier alpha value is -1.56. The third-order valence-corrected chi connectivity index (χ3v) is 4.33. The molecule has 0 bridgehead atoms. The highest BCUT2D eigenvalue weighted by Crippen LogP contribution is 2.36. The van der Waals surface area contributed by atoms with Gasteiger partial charge in [-0.1, -0.05) is 50.6 Å². The summed E-state index contributed by atoms with van der Waals surface area (Å²) in [5.74, 6) is 0. The summed E-state index contributed by atoms with van der Waals surface area (Å²) < 4.78 is 0. The first kappa shape index (κ1) is 15.8. The molecule has 0 aliphatic heterocycles. The Balaban J connectivity index is 2.76. The standard InChI is InChI=1S/C21H28/c1-13-9-16(4)20(17(5)10-13)18-12-19(21(6,7)8)15(3)11-14(18)2/h9-12H,1-8H3. The van der Waals surface area contributed by atoms with Crippen molar-refractivity contribution in [3.8, 4) is 11.1 Å². The fraction of sp³-hybridized carbons (Fsp3) is 0.429. The Morgan fingerprint density at radius 3 is 1.62 bits per heavy atom. The van der Waals surface area contributed by atoms with Crippen molar-refractivity contribution in [2.75, 3.05) is 0 Å². The molecule has 0 nitrogen and oxygen atoms in total. The van der Waals surface area contributed by atoms with Gasteiger partial charge in [0.1, 0.15) is 0 Å². The van der Waals surface area contributed by atoms with Gasteiger partial charge in [-0.15, -0.1) is 0 Å². The Morgan fingerprint density at radius 2 is 1.14 bits per heavy atom. The second-order valence-corrected chi connectivity index (χ2v) is 7.51. The van der Waals surface area contributed by atoms with E-state index in [4.69, 9.17) is 0 Å². The van der Waals surface area contributed by atoms with E-state index >= 15 is 0 Å².